The summed E-state index contributed by atoms with van der Waals surface area (Å²) in [6.07, 6.45) is 1.33. The lowest BCUT2D eigenvalue weighted by Gasteiger charge is -2.08. The summed E-state index contributed by atoms with van der Waals surface area (Å²) in [6, 6.07) is 13.4. The summed E-state index contributed by atoms with van der Waals surface area (Å²) in [6.45, 7) is 0.275. The summed E-state index contributed by atoms with van der Waals surface area (Å²) in [4.78, 5) is 11.9. The van der Waals surface area contributed by atoms with Crippen LogP contribution in [-0.2, 0) is 6.61 Å². The molecular formula is C17H16BrFO2. The third-order valence-electron chi connectivity index (χ3n) is 2.99. The van der Waals surface area contributed by atoms with Crippen LogP contribution in [0.3, 0.4) is 0 Å². The van der Waals surface area contributed by atoms with Crippen molar-refractivity contribution in [2.24, 2.45) is 0 Å². The molecule has 0 bridgehead atoms. The first-order valence-corrected chi connectivity index (χ1v) is 7.87. The lowest BCUT2D eigenvalue weighted by atomic mass is 10.1. The highest BCUT2D eigenvalue weighted by Gasteiger charge is 2.06. The van der Waals surface area contributed by atoms with Crippen LogP contribution in [0.5, 0.6) is 5.75 Å². The fraction of sp³-hybridized carbons (Fsp3) is 0.235. The Morgan fingerprint density at radius 1 is 1.14 bits per heavy atom. The van der Waals surface area contributed by atoms with Crippen molar-refractivity contribution in [1.82, 2.24) is 0 Å². The Balaban J connectivity index is 1.99. The van der Waals surface area contributed by atoms with E-state index >= 15 is 0 Å². The highest BCUT2D eigenvalue weighted by atomic mass is 79.9. The fourth-order valence-corrected chi connectivity index (χ4v) is 2.20. The third-order valence-corrected chi connectivity index (χ3v) is 3.55. The van der Waals surface area contributed by atoms with Crippen LogP contribution in [0, 0.1) is 5.82 Å². The minimum absolute atomic E-state index is 0.102. The van der Waals surface area contributed by atoms with Crippen LogP contribution in [0.15, 0.2) is 48.5 Å². The van der Waals surface area contributed by atoms with Crippen LogP contribution in [0.2, 0.25) is 0 Å². The summed E-state index contributed by atoms with van der Waals surface area (Å²) >= 11 is 3.31. The normalized spacial score (nSPS) is 10.4. The number of ether oxygens (including phenoxy) is 1. The highest BCUT2D eigenvalue weighted by molar-refractivity contribution is 9.09. The summed E-state index contributed by atoms with van der Waals surface area (Å²) < 4.78 is 18.7. The fourth-order valence-electron chi connectivity index (χ4n) is 1.92. The van der Waals surface area contributed by atoms with Gasteiger partial charge in [0.1, 0.15) is 18.2 Å². The molecular weight excluding hydrogens is 335 g/mol. The summed E-state index contributed by atoms with van der Waals surface area (Å²) in [5, 5.41) is 0.814. The maximum absolute atomic E-state index is 13.1. The number of hydrogen-bond donors (Lipinski definition) is 0. The van der Waals surface area contributed by atoms with Crippen LogP contribution in [0.4, 0.5) is 4.39 Å². The van der Waals surface area contributed by atoms with Crippen molar-refractivity contribution < 1.29 is 13.9 Å². The smallest absolute Gasteiger partial charge is 0.163 e. The molecule has 0 heterocycles. The second-order valence-corrected chi connectivity index (χ2v) is 5.46. The summed E-state index contributed by atoms with van der Waals surface area (Å²) in [7, 11) is 0. The molecule has 0 saturated heterocycles. The topological polar surface area (TPSA) is 26.3 Å². The number of halogens is 2. The Bertz CT molecular complexity index is 613. The van der Waals surface area contributed by atoms with Gasteiger partial charge in [-0.05, 0) is 36.2 Å². The van der Waals surface area contributed by atoms with Crippen molar-refractivity contribution >= 4 is 21.7 Å². The van der Waals surface area contributed by atoms with E-state index in [0.29, 0.717) is 17.7 Å². The van der Waals surface area contributed by atoms with Gasteiger partial charge in [0.05, 0.1) is 0 Å². The van der Waals surface area contributed by atoms with Crippen LogP contribution in [0.25, 0.3) is 0 Å². The van der Waals surface area contributed by atoms with E-state index in [-0.39, 0.29) is 18.2 Å². The number of carbonyl (C=O) groups excluding carboxylic acids is 1. The lowest BCUT2D eigenvalue weighted by molar-refractivity contribution is 0.0981. The van der Waals surface area contributed by atoms with Gasteiger partial charge in [-0.1, -0.05) is 40.2 Å². The van der Waals surface area contributed by atoms with Crippen molar-refractivity contribution in [3.8, 4) is 5.75 Å². The zero-order chi connectivity index (χ0) is 15.1. The van der Waals surface area contributed by atoms with E-state index in [0.717, 1.165) is 17.3 Å². The van der Waals surface area contributed by atoms with Gasteiger partial charge in [0.25, 0.3) is 0 Å². The first-order valence-electron chi connectivity index (χ1n) is 6.75. The Kier molecular flexibility index (Phi) is 5.93. The number of alkyl halides is 1. The van der Waals surface area contributed by atoms with Crippen molar-refractivity contribution in [2.75, 3.05) is 5.33 Å². The van der Waals surface area contributed by atoms with Gasteiger partial charge in [0, 0.05) is 17.3 Å². The number of ketones is 1. The minimum atomic E-state index is -0.283. The van der Waals surface area contributed by atoms with Gasteiger partial charge in [0.2, 0.25) is 0 Å². The largest absolute Gasteiger partial charge is 0.489 e. The van der Waals surface area contributed by atoms with Gasteiger partial charge in [-0.15, -0.1) is 0 Å². The summed E-state index contributed by atoms with van der Waals surface area (Å²) in [5.41, 5.74) is 1.40. The van der Waals surface area contributed by atoms with Crippen LogP contribution < -0.4 is 4.74 Å². The van der Waals surface area contributed by atoms with E-state index in [2.05, 4.69) is 15.9 Å². The Morgan fingerprint density at radius 3 is 2.71 bits per heavy atom. The third kappa shape index (κ3) is 4.97. The maximum atomic E-state index is 13.1. The molecule has 0 aromatic heterocycles. The molecule has 0 aliphatic heterocycles. The number of rotatable bonds is 7. The maximum Gasteiger partial charge on any atom is 0.163 e. The quantitative estimate of drug-likeness (QED) is 0.531. The number of carbonyl (C=O) groups is 1. The number of Topliss-reactive ketones (excluding diaryl/α,β-unsaturated/α-hetero) is 1. The van der Waals surface area contributed by atoms with E-state index < -0.39 is 0 Å². The highest BCUT2D eigenvalue weighted by Crippen LogP contribution is 2.17. The molecule has 0 radical (unpaired) electrons. The zero-order valence-corrected chi connectivity index (χ0v) is 13.1. The molecule has 0 amide bonds. The molecule has 0 saturated carbocycles. The standard InChI is InChI=1S/C17H16BrFO2/c18-9-3-8-17(20)14-5-2-7-16(11-14)21-12-13-4-1-6-15(19)10-13/h1-2,4-7,10-11H,3,8-9,12H2. The molecule has 0 spiro atoms. The molecule has 2 aromatic carbocycles. The van der Waals surface area contributed by atoms with Gasteiger partial charge in [-0.3, -0.25) is 4.79 Å². The van der Waals surface area contributed by atoms with Gasteiger partial charge in [0.15, 0.2) is 5.78 Å². The van der Waals surface area contributed by atoms with Crippen molar-refractivity contribution in [1.29, 1.82) is 0 Å². The van der Waals surface area contributed by atoms with E-state index in [9.17, 15) is 9.18 Å². The van der Waals surface area contributed by atoms with Gasteiger partial charge in [-0.25, -0.2) is 4.39 Å². The van der Waals surface area contributed by atoms with E-state index in [1.165, 1.54) is 12.1 Å². The van der Waals surface area contributed by atoms with Crippen LogP contribution >= 0.6 is 15.9 Å². The van der Waals surface area contributed by atoms with Gasteiger partial charge < -0.3 is 4.74 Å². The molecule has 4 heteroatoms. The molecule has 0 fully saturated rings. The first-order chi connectivity index (χ1) is 10.2. The predicted octanol–water partition coefficient (Wildman–Crippen LogP) is 4.76. The molecule has 2 rings (SSSR count). The van der Waals surface area contributed by atoms with Gasteiger partial charge >= 0.3 is 0 Å². The average molecular weight is 351 g/mol. The number of hydrogen-bond acceptors (Lipinski definition) is 2. The molecule has 0 unspecified atom stereocenters. The van der Waals surface area contributed by atoms with Crippen molar-refractivity contribution in [2.45, 2.75) is 19.4 Å². The average Bonchev–Trinajstić information content (AvgIpc) is 2.51. The summed E-state index contributed by atoms with van der Waals surface area (Å²) in [5.74, 6) is 0.435. The van der Waals surface area contributed by atoms with Gasteiger partial charge in [-0.2, -0.15) is 0 Å². The molecule has 21 heavy (non-hydrogen) atoms. The second-order valence-electron chi connectivity index (χ2n) is 4.66. The van der Waals surface area contributed by atoms with Crippen molar-refractivity contribution in [3.63, 3.8) is 0 Å². The monoisotopic (exact) mass is 350 g/mol. The molecule has 0 N–H and O–H groups in total. The van der Waals surface area contributed by atoms with E-state index in [1.807, 2.05) is 0 Å². The zero-order valence-electron chi connectivity index (χ0n) is 11.5. The molecule has 2 nitrogen and oxygen atoms in total. The first kappa shape index (κ1) is 15.7. The molecule has 0 aliphatic rings. The second kappa shape index (κ2) is 7.93. The number of benzene rings is 2. The van der Waals surface area contributed by atoms with Crippen molar-refractivity contribution in [3.05, 3.63) is 65.5 Å². The lowest BCUT2D eigenvalue weighted by Crippen LogP contribution is -2.01. The molecule has 110 valence electrons. The molecule has 2 aromatic rings. The van der Waals surface area contributed by atoms with E-state index in [4.69, 9.17) is 4.74 Å². The Hall–Kier alpha value is -1.68. The Labute approximate surface area is 132 Å². The predicted molar refractivity (Wildman–Crippen MR) is 84.5 cm³/mol. The molecule has 0 aliphatic carbocycles. The SMILES string of the molecule is O=C(CCCBr)c1cccc(OCc2cccc(F)c2)c1. The van der Waals surface area contributed by atoms with Crippen LogP contribution in [-0.4, -0.2) is 11.1 Å². The minimum Gasteiger partial charge on any atom is -0.489 e. The van der Waals surface area contributed by atoms with Crippen LogP contribution in [0.1, 0.15) is 28.8 Å². The Morgan fingerprint density at radius 2 is 1.95 bits per heavy atom. The molecule has 0 atom stereocenters. The van der Waals surface area contributed by atoms with E-state index in [1.54, 1.807) is 36.4 Å².